The van der Waals surface area contributed by atoms with E-state index >= 15 is 0 Å². The van der Waals surface area contributed by atoms with Gasteiger partial charge in [-0.15, -0.1) is 0 Å². The zero-order chi connectivity index (χ0) is 13.1. The highest BCUT2D eigenvalue weighted by Gasteiger charge is 2.13. The number of carbonyl (C=O) groups excluding carboxylic acids is 1. The second-order valence-electron chi connectivity index (χ2n) is 4.22. The number of benzene rings is 1. The van der Waals surface area contributed by atoms with E-state index in [4.69, 9.17) is 4.74 Å². The largest absolute Gasteiger partial charge is 0.496 e. The standard InChI is InChI=1S/C14H16N2O2/c1-10-8-11(2)16(15-10)14(17)9-12-6-4-5-7-13(12)18-3/h4-8H,9H2,1-3H3. The van der Waals surface area contributed by atoms with Crippen LogP contribution in [0.3, 0.4) is 0 Å². The monoisotopic (exact) mass is 244 g/mol. The molecule has 0 N–H and O–H groups in total. The smallest absolute Gasteiger partial charge is 0.251 e. The third kappa shape index (κ3) is 2.42. The summed E-state index contributed by atoms with van der Waals surface area (Å²) in [6, 6.07) is 9.41. The lowest BCUT2D eigenvalue weighted by Crippen LogP contribution is -2.17. The topological polar surface area (TPSA) is 44.1 Å². The molecule has 0 bridgehead atoms. The number of hydrogen-bond acceptors (Lipinski definition) is 3. The van der Waals surface area contributed by atoms with Gasteiger partial charge in [-0.25, -0.2) is 4.68 Å². The van der Waals surface area contributed by atoms with Crippen molar-refractivity contribution < 1.29 is 9.53 Å². The second-order valence-corrected chi connectivity index (χ2v) is 4.22. The summed E-state index contributed by atoms with van der Waals surface area (Å²) in [7, 11) is 1.60. The molecule has 0 saturated heterocycles. The molecule has 0 unspecified atom stereocenters. The summed E-state index contributed by atoms with van der Waals surface area (Å²) in [6.07, 6.45) is 0.284. The number of aromatic nitrogens is 2. The van der Waals surface area contributed by atoms with Crippen LogP contribution < -0.4 is 4.74 Å². The molecule has 1 aromatic heterocycles. The molecule has 1 heterocycles. The Morgan fingerprint density at radius 2 is 2.06 bits per heavy atom. The summed E-state index contributed by atoms with van der Waals surface area (Å²) in [5.74, 6) is 0.678. The van der Waals surface area contributed by atoms with Crippen LogP contribution >= 0.6 is 0 Å². The van der Waals surface area contributed by atoms with Crippen LogP contribution in [0.2, 0.25) is 0 Å². The van der Waals surface area contributed by atoms with Crippen molar-refractivity contribution >= 4 is 5.91 Å². The molecule has 1 aromatic carbocycles. The van der Waals surface area contributed by atoms with Crippen molar-refractivity contribution in [3.05, 3.63) is 47.3 Å². The van der Waals surface area contributed by atoms with Crippen LogP contribution in [-0.4, -0.2) is 22.8 Å². The van der Waals surface area contributed by atoms with E-state index in [9.17, 15) is 4.79 Å². The Labute approximate surface area is 106 Å². The lowest BCUT2D eigenvalue weighted by Gasteiger charge is -2.08. The molecule has 4 heteroatoms. The van der Waals surface area contributed by atoms with Crippen LogP contribution in [0.25, 0.3) is 0 Å². The van der Waals surface area contributed by atoms with Crippen molar-refractivity contribution in [2.24, 2.45) is 0 Å². The molecule has 0 amide bonds. The number of carbonyl (C=O) groups is 1. The molecule has 2 rings (SSSR count). The maximum absolute atomic E-state index is 12.2. The Bertz CT molecular complexity index is 573. The van der Waals surface area contributed by atoms with E-state index < -0.39 is 0 Å². The van der Waals surface area contributed by atoms with Crippen LogP contribution in [0, 0.1) is 13.8 Å². The second kappa shape index (κ2) is 5.04. The minimum Gasteiger partial charge on any atom is -0.496 e. The summed E-state index contributed by atoms with van der Waals surface area (Å²) >= 11 is 0. The van der Waals surface area contributed by atoms with Crippen LogP contribution in [0.4, 0.5) is 0 Å². The third-order valence-corrected chi connectivity index (χ3v) is 2.78. The first-order valence-corrected chi connectivity index (χ1v) is 5.80. The normalized spacial score (nSPS) is 10.4. The average Bonchev–Trinajstić information content (AvgIpc) is 2.69. The van der Waals surface area contributed by atoms with Crippen molar-refractivity contribution in [3.8, 4) is 5.75 Å². The summed E-state index contributed by atoms with van der Waals surface area (Å²) < 4.78 is 6.68. The summed E-state index contributed by atoms with van der Waals surface area (Å²) in [4.78, 5) is 12.2. The van der Waals surface area contributed by atoms with Gasteiger partial charge in [0.25, 0.3) is 5.91 Å². The van der Waals surface area contributed by atoms with Crippen molar-refractivity contribution in [1.82, 2.24) is 9.78 Å². The summed E-state index contributed by atoms with van der Waals surface area (Å²) in [6.45, 7) is 3.75. The fraction of sp³-hybridized carbons (Fsp3) is 0.286. The van der Waals surface area contributed by atoms with E-state index in [1.54, 1.807) is 7.11 Å². The zero-order valence-electron chi connectivity index (χ0n) is 10.8. The molecule has 0 fully saturated rings. The molecule has 18 heavy (non-hydrogen) atoms. The maximum atomic E-state index is 12.2. The number of para-hydroxylation sites is 1. The van der Waals surface area contributed by atoms with E-state index in [-0.39, 0.29) is 12.3 Å². The molecule has 0 atom stereocenters. The van der Waals surface area contributed by atoms with Crippen LogP contribution in [0.15, 0.2) is 30.3 Å². The van der Waals surface area contributed by atoms with Gasteiger partial charge in [0.15, 0.2) is 0 Å². The molecule has 0 aliphatic rings. The van der Waals surface area contributed by atoms with Crippen molar-refractivity contribution in [3.63, 3.8) is 0 Å². The number of hydrogen-bond donors (Lipinski definition) is 0. The van der Waals surface area contributed by atoms with E-state index in [0.717, 1.165) is 22.7 Å². The van der Waals surface area contributed by atoms with Crippen molar-refractivity contribution in [1.29, 1.82) is 0 Å². The van der Waals surface area contributed by atoms with E-state index in [1.165, 1.54) is 4.68 Å². The van der Waals surface area contributed by atoms with Gasteiger partial charge in [-0.1, -0.05) is 18.2 Å². The Morgan fingerprint density at radius 1 is 1.33 bits per heavy atom. The van der Waals surface area contributed by atoms with Crippen LogP contribution in [-0.2, 0) is 6.42 Å². The molecule has 2 aromatic rings. The molecule has 0 aliphatic heterocycles. The summed E-state index contributed by atoms with van der Waals surface area (Å²) in [5.41, 5.74) is 2.57. The van der Waals surface area contributed by atoms with Gasteiger partial charge in [-0.05, 0) is 26.0 Å². The minimum absolute atomic E-state index is 0.0508. The molecule has 0 spiro atoms. The molecule has 0 radical (unpaired) electrons. The predicted molar refractivity (Wildman–Crippen MR) is 69.0 cm³/mol. The zero-order valence-corrected chi connectivity index (χ0v) is 10.8. The van der Waals surface area contributed by atoms with Gasteiger partial charge in [0.05, 0.1) is 19.2 Å². The van der Waals surface area contributed by atoms with Gasteiger partial charge in [-0.3, -0.25) is 4.79 Å². The number of rotatable bonds is 3. The molecule has 94 valence electrons. The number of nitrogens with zero attached hydrogens (tertiary/aromatic N) is 2. The Morgan fingerprint density at radius 3 is 2.67 bits per heavy atom. The van der Waals surface area contributed by atoms with Gasteiger partial charge < -0.3 is 4.74 Å². The fourth-order valence-electron chi connectivity index (χ4n) is 1.97. The van der Waals surface area contributed by atoms with Gasteiger partial charge in [-0.2, -0.15) is 5.10 Å². The van der Waals surface area contributed by atoms with Gasteiger partial charge in [0.2, 0.25) is 0 Å². The highest BCUT2D eigenvalue weighted by molar-refractivity contribution is 5.81. The predicted octanol–water partition coefficient (Wildman–Crippen LogP) is 2.39. The first-order chi connectivity index (χ1) is 8.61. The Hall–Kier alpha value is -2.10. The number of methoxy groups -OCH3 is 1. The molecule has 4 nitrogen and oxygen atoms in total. The third-order valence-electron chi connectivity index (χ3n) is 2.78. The van der Waals surface area contributed by atoms with Crippen LogP contribution in [0.5, 0.6) is 5.75 Å². The van der Waals surface area contributed by atoms with Crippen molar-refractivity contribution in [2.75, 3.05) is 7.11 Å². The molecular formula is C14H16N2O2. The lowest BCUT2D eigenvalue weighted by molar-refractivity contribution is 0.0894. The molecule has 0 saturated carbocycles. The number of ether oxygens (including phenoxy) is 1. The highest BCUT2D eigenvalue weighted by Crippen LogP contribution is 2.18. The lowest BCUT2D eigenvalue weighted by atomic mass is 10.1. The maximum Gasteiger partial charge on any atom is 0.251 e. The summed E-state index contributed by atoms with van der Waals surface area (Å²) in [5, 5.41) is 4.19. The van der Waals surface area contributed by atoms with Gasteiger partial charge in [0.1, 0.15) is 5.75 Å². The first-order valence-electron chi connectivity index (χ1n) is 5.80. The highest BCUT2D eigenvalue weighted by atomic mass is 16.5. The SMILES string of the molecule is COc1ccccc1CC(=O)n1nc(C)cc1C. The van der Waals surface area contributed by atoms with Gasteiger partial charge >= 0.3 is 0 Å². The fourth-order valence-corrected chi connectivity index (χ4v) is 1.97. The number of aryl methyl sites for hydroxylation is 2. The van der Waals surface area contributed by atoms with Crippen LogP contribution in [0.1, 0.15) is 21.7 Å². The average molecular weight is 244 g/mol. The van der Waals surface area contributed by atoms with Gasteiger partial charge in [0, 0.05) is 11.3 Å². The van der Waals surface area contributed by atoms with E-state index in [0.29, 0.717) is 0 Å². The minimum atomic E-state index is -0.0508. The van der Waals surface area contributed by atoms with Crippen molar-refractivity contribution in [2.45, 2.75) is 20.3 Å². The van der Waals surface area contributed by atoms with E-state index in [2.05, 4.69) is 5.10 Å². The molecule has 0 aliphatic carbocycles. The quantitative estimate of drug-likeness (QED) is 0.832. The van der Waals surface area contributed by atoms with E-state index in [1.807, 2.05) is 44.2 Å². The first kappa shape index (κ1) is 12.4. The molecular weight excluding hydrogens is 228 g/mol. The Balaban J connectivity index is 2.24. The Kier molecular flexibility index (Phi) is 3.46.